The summed E-state index contributed by atoms with van der Waals surface area (Å²) in [5.74, 6) is 1.34. The van der Waals surface area contributed by atoms with E-state index in [9.17, 15) is 4.79 Å². The van der Waals surface area contributed by atoms with Crippen molar-refractivity contribution in [1.82, 2.24) is 9.97 Å². The zero-order valence-electron chi connectivity index (χ0n) is 14.7. The number of fused-ring (bicyclic) bond motifs is 3. The summed E-state index contributed by atoms with van der Waals surface area (Å²) in [7, 11) is -0.994. The second-order valence-corrected chi connectivity index (χ2v) is 6.30. The fourth-order valence-corrected chi connectivity index (χ4v) is 3.15. The number of benzene rings is 2. The molecule has 136 valence electrons. The summed E-state index contributed by atoms with van der Waals surface area (Å²) >= 11 is 0. The van der Waals surface area contributed by atoms with E-state index in [1.807, 2.05) is 48.5 Å². The molecule has 28 heavy (non-hydrogen) atoms. The molecular formula is C21H15BN2O4. The number of H-pyrrole nitrogens is 2. The van der Waals surface area contributed by atoms with Crippen LogP contribution in [-0.2, 0) is 4.65 Å². The van der Waals surface area contributed by atoms with Gasteiger partial charge in [0, 0.05) is 23.9 Å². The Morgan fingerprint density at radius 3 is 2.46 bits per heavy atom. The highest BCUT2D eigenvalue weighted by molar-refractivity contribution is 6.42. The molecule has 1 aliphatic heterocycles. The van der Waals surface area contributed by atoms with Gasteiger partial charge in [-0.15, -0.1) is 0 Å². The van der Waals surface area contributed by atoms with Gasteiger partial charge in [0.25, 0.3) is 0 Å². The fraction of sp³-hybridized carbons (Fsp3) is 0. The Morgan fingerprint density at radius 2 is 1.68 bits per heavy atom. The minimum absolute atomic E-state index is 0.212. The molecule has 0 spiro atoms. The Hall–Kier alpha value is -3.87. The summed E-state index contributed by atoms with van der Waals surface area (Å²) in [5.41, 5.74) is 1.11. The molecule has 0 aliphatic carbocycles. The molecule has 6 nitrogen and oxygen atoms in total. The van der Waals surface area contributed by atoms with Gasteiger partial charge in [-0.1, -0.05) is 30.3 Å². The quantitative estimate of drug-likeness (QED) is 0.239. The van der Waals surface area contributed by atoms with E-state index in [2.05, 4.69) is 9.97 Å². The van der Waals surface area contributed by atoms with Crippen LogP contribution in [0.25, 0.3) is 16.5 Å². The number of allylic oxidation sites excluding steroid dienone is 1. The lowest BCUT2D eigenvalue weighted by atomic mass is 10.1. The van der Waals surface area contributed by atoms with Crippen LogP contribution >= 0.6 is 0 Å². The predicted molar refractivity (Wildman–Crippen MR) is 106 cm³/mol. The molecule has 1 aliphatic rings. The van der Waals surface area contributed by atoms with Gasteiger partial charge in [0.15, 0.2) is 5.75 Å². The fourth-order valence-electron chi connectivity index (χ4n) is 3.15. The summed E-state index contributed by atoms with van der Waals surface area (Å²) < 4.78 is 17.6. The predicted octanol–water partition coefficient (Wildman–Crippen LogP) is 4.19. The van der Waals surface area contributed by atoms with Crippen LogP contribution < -0.4 is 9.31 Å². The lowest BCUT2D eigenvalue weighted by Gasteiger charge is -2.10. The molecule has 2 N–H and O–H groups in total. The van der Waals surface area contributed by atoms with Crippen LogP contribution in [-0.4, -0.2) is 23.1 Å². The van der Waals surface area contributed by atoms with Gasteiger partial charge in [-0.25, -0.2) is 0 Å². The molecule has 4 aromatic rings. The molecule has 0 atom stereocenters. The molecule has 3 heterocycles. The highest BCUT2D eigenvalue weighted by Gasteiger charge is 2.39. The average molecular weight is 370 g/mol. The van der Waals surface area contributed by atoms with Crippen LogP contribution in [0.1, 0.15) is 16.2 Å². The zero-order valence-corrected chi connectivity index (χ0v) is 14.7. The van der Waals surface area contributed by atoms with E-state index in [4.69, 9.17) is 14.0 Å². The Labute approximate surface area is 160 Å². The monoisotopic (exact) mass is 370 g/mol. The minimum atomic E-state index is -0.994. The molecule has 0 fully saturated rings. The number of aromatic nitrogens is 2. The summed E-state index contributed by atoms with van der Waals surface area (Å²) in [5, 5.41) is 1.99. The van der Waals surface area contributed by atoms with E-state index < -0.39 is 7.32 Å². The minimum Gasteiger partial charge on any atom is -0.488 e. The van der Waals surface area contributed by atoms with Gasteiger partial charge in [0.05, 0.1) is 11.4 Å². The molecular weight excluding hydrogens is 355 g/mol. The Balaban J connectivity index is 1.44. The van der Waals surface area contributed by atoms with Crippen molar-refractivity contribution >= 4 is 29.6 Å². The molecule has 7 heteroatoms. The maximum atomic E-state index is 12.5. The standard InChI is InChI=1S/C21H15BN2O4/c25-18(16-7-3-11-23-16)13-20(17-8-4-12-24-17)27-22-26-19-10-9-14-5-1-2-6-15(14)21(19)28-22/h1-13,23-24H/b20-13-. The largest absolute Gasteiger partial charge is 0.864 e. The van der Waals surface area contributed by atoms with Crippen molar-refractivity contribution in [3.63, 3.8) is 0 Å². The Morgan fingerprint density at radius 1 is 0.893 bits per heavy atom. The zero-order chi connectivity index (χ0) is 18.9. The van der Waals surface area contributed by atoms with Crippen LogP contribution in [0.2, 0.25) is 0 Å². The van der Waals surface area contributed by atoms with Crippen molar-refractivity contribution in [2.45, 2.75) is 0 Å². The van der Waals surface area contributed by atoms with Crippen LogP contribution in [0, 0.1) is 0 Å². The third kappa shape index (κ3) is 2.93. The van der Waals surface area contributed by atoms with Crippen molar-refractivity contribution in [3.8, 4) is 11.5 Å². The summed E-state index contributed by atoms with van der Waals surface area (Å²) in [6, 6.07) is 18.8. The SMILES string of the molecule is O=C(/C=C(\OB1Oc2ccc3ccccc3c2O1)c1ccc[nH]1)c1ccc[nH]1. The van der Waals surface area contributed by atoms with E-state index in [-0.39, 0.29) is 5.78 Å². The van der Waals surface area contributed by atoms with E-state index in [1.54, 1.807) is 24.5 Å². The first-order valence-electron chi connectivity index (χ1n) is 8.83. The topological polar surface area (TPSA) is 76.3 Å². The molecule has 0 saturated carbocycles. The molecule has 0 bridgehead atoms. The number of hydrogen-bond donors (Lipinski definition) is 2. The second-order valence-electron chi connectivity index (χ2n) is 6.30. The maximum Gasteiger partial charge on any atom is 0.864 e. The highest BCUT2D eigenvalue weighted by atomic mass is 16.8. The summed E-state index contributed by atoms with van der Waals surface area (Å²) in [4.78, 5) is 18.4. The number of carbonyl (C=O) groups excluding carboxylic acids is 1. The number of carbonyl (C=O) groups is 1. The third-order valence-corrected chi connectivity index (χ3v) is 4.49. The Bertz CT molecular complexity index is 1170. The maximum absolute atomic E-state index is 12.5. The number of ketones is 1. The van der Waals surface area contributed by atoms with E-state index in [0.717, 1.165) is 10.8 Å². The van der Waals surface area contributed by atoms with Crippen LogP contribution in [0.3, 0.4) is 0 Å². The molecule has 0 amide bonds. The van der Waals surface area contributed by atoms with Crippen molar-refractivity contribution in [1.29, 1.82) is 0 Å². The first-order chi connectivity index (χ1) is 13.8. The molecule has 2 aromatic heterocycles. The van der Waals surface area contributed by atoms with Gasteiger partial charge >= 0.3 is 7.32 Å². The van der Waals surface area contributed by atoms with Gasteiger partial charge < -0.3 is 23.9 Å². The molecule has 5 rings (SSSR count). The van der Waals surface area contributed by atoms with Gasteiger partial charge in [-0.3, -0.25) is 4.79 Å². The smallest absolute Gasteiger partial charge is 0.488 e. The van der Waals surface area contributed by atoms with E-state index in [0.29, 0.717) is 28.6 Å². The van der Waals surface area contributed by atoms with Gasteiger partial charge in [0.2, 0.25) is 5.78 Å². The normalized spacial score (nSPS) is 13.1. The summed E-state index contributed by atoms with van der Waals surface area (Å²) in [6.45, 7) is 0. The van der Waals surface area contributed by atoms with Crippen molar-refractivity contribution in [2.24, 2.45) is 0 Å². The van der Waals surface area contributed by atoms with Crippen LogP contribution in [0.4, 0.5) is 0 Å². The first-order valence-corrected chi connectivity index (χ1v) is 8.83. The first kappa shape index (κ1) is 16.3. The van der Waals surface area contributed by atoms with Crippen molar-refractivity contribution < 1.29 is 18.8 Å². The third-order valence-electron chi connectivity index (χ3n) is 4.49. The van der Waals surface area contributed by atoms with Crippen molar-refractivity contribution in [3.05, 3.63) is 90.5 Å². The van der Waals surface area contributed by atoms with Crippen LogP contribution in [0.5, 0.6) is 11.5 Å². The number of aromatic amines is 2. The highest BCUT2D eigenvalue weighted by Crippen LogP contribution is 2.40. The lowest BCUT2D eigenvalue weighted by Crippen LogP contribution is -2.28. The number of hydrogen-bond acceptors (Lipinski definition) is 4. The lowest BCUT2D eigenvalue weighted by molar-refractivity contribution is 0.104. The van der Waals surface area contributed by atoms with Gasteiger partial charge in [0.1, 0.15) is 11.5 Å². The van der Waals surface area contributed by atoms with Gasteiger partial charge in [-0.2, -0.15) is 0 Å². The number of rotatable bonds is 5. The Kier molecular flexibility index (Phi) is 3.90. The molecule has 0 unspecified atom stereocenters. The van der Waals surface area contributed by atoms with Crippen molar-refractivity contribution in [2.75, 3.05) is 0 Å². The average Bonchev–Trinajstić information content (AvgIpc) is 3.48. The van der Waals surface area contributed by atoms with Crippen LogP contribution in [0.15, 0.2) is 79.1 Å². The van der Waals surface area contributed by atoms with Gasteiger partial charge in [-0.05, 0) is 35.7 Å². The molecule has 2 aromatic carbocycles. The molecule has 0 saturated heterocycles. The number of nitrogens with one attached hydrogen (secondary N) is 2. The van der Waals surface area contributed by atoms with E-state index >= 15 is 0 Å². The summed E-state index contributed by atoms with van der Waals surface area (Å²) in [6.07, 6.45) is 4.86. The molecule has 0 radical (unpaired) electrons. The van der Waals surface area contributed by atoms with E-state index in [1.165, 1.54) is 6.08 Å². The second kappa shape index (κ2) is 6.70.